The van der Waals surface area contributed by atoms with Crippen LogP contribution in [0.1, 0.15) is 21.7 Å². The lowest BCUT2D eigenvalue weighted by molar-refractivity contribution is 0.102. The molecule has 27 heavy (non-hydrogen) atoms. The number of carbonyl (C=O) groups excluding carboxylic acids is 1. The van der Waals surface area contributed by atoms with E-state index in [1.807, 2.05) is 19.9 Å². The van der Waals surface area contributed by atoms with Crippen LogP contribution in [0, 0.1) is 24.4 Å². The van der Waals surface area contributed by atoms with Gasteiger partial charge in [-0.15, -0.1) is 0 Å². The van der Waals surface area contributed by atoms with Crippen molar-refractivity contribution in [2.24, 2.45) is 0 Å². The second kappa shape index (κ2) is 6.44. The Morgan fingerprint density at radius 1 is 1.22 bits per heavy atom. The number of amides is 1. The Kier molecular flexibility index (Phi) is 4.08. The number of imidazole rings is 1. The van der Waals surface area contributed by atoms with Crippen molar-refractivity contribution in [3.05, 3.63) is 64.1 Å². The molecule has 0 saturated carbocycles. The average molecular weight is 382 g/mol. The zero-order valence-corrected chi connectivity index (χ0v) is 15.3. The Balaban J connectivity index is 1.62. The first-order valence-corrected chi connectivity index (χ1v) is 8.54. The lowest BCUT2D eigenvalue weighted by atomic mass is 10.1. The van der Waals surface area contributed by atoms with Gasteiger partial charge in [0.15, 0.2) is 10.6 Å². The number of pyridine rings is 1. The first-order chi connectivity index (χ1) is 12.9. The van der Waals surface area contributed by atoms with Gasteiger partial charge in [-0.3, -0.25) is 4.79 Å². The Labute approximate surface area is 158 Å². The van der Waals surface area contributed by atoms with Crippen LogP contribution in [0.4, 0.5) is 10.1 Å². The number of rotatable bonds is 3. The number of H-pyrrole nitrogens is 2. The van der Waals surface area contributed by atoms with Crippen LogP contribution in [-0.4, -0.2) is 30.6 Å². The summed E-state index contributed by atoms with van der Waals surface area (Å²) >= 11 is 5.02. The molecule has 0 aliphatic carbocycles. The van der Waals surface area contributed by atoms with Crippen LogP contribution in [0.25, 0.3) is 16.9 Å². The van der Waals surface area contributed by atoms with Crippen molar-refractivity contribution in [1.29, 1.82) is 0 Å². The molecule has 0 radical (unpaired) electrons. The predicted molar refractivity (Wildman–Crippen MR) is 102 cm³/mol. The van der Waals surface area contributed by atoms with Crippen molar-refractivity contribution in [2.45, 2.75) is 13.8 Å². The van der Waals surface area contributed by atoms with Crippen molar-refractivity contribution in [1.82, 2.24) is 24.7 Å². The molecule has 1 amide bonds. The quantitative estimate of drug-likeness (QED) is 0.470. The molecule has 3 heterocycles. The first-order valence-electron chi connectivity index (χ1n) is 8.13. The number of carbonyl (C=O) groups is 1. The van der Waals surface area contributed by atoms with E-state index in [4.69, 9.17) is 12.2 Å². The summed E-state index contributed by atoms with van der Waals surface area (Å²) < 4.78 is 15.9. The van der Waals surface area contributed by atoms with Gasteiger partial charge >= 0.3 is 0 Å². The van der Waals surface area contributed by atoms with Gasteiger partial charge in [0, 0.05) is 5.69 Å². The molecule has 4 rings (SSSR count). The average Bonchev–Trinajstić information content (AvgIpc) is 3.15. The molecule has 0 unspecified atom stereocenters. The number of fused-ring (bicyclic) bond motifs is 1. The fourth-order valence-electron chi connectivity index (χ4n) is 2.93. The molecule has 1 aromatic carbocycles. The molecule has 4 aromatic rings. The van der Waals surface area contributed by atoms with E-state index in [0.717, 1.165) is 17.5 Å². The van der Waals surface area contributed by atoms with Crippen molar-refractivity contribution in [2.75, 3.05) is 5.32 Å². The van der Waals surface area contributed by atoms with E-state index in [9.17, 15) is 9.18 Å². The van der Waals surface area contributed by atoms with Gasteiger partial charge in [0.25, 0.3) is 5.91 Å². The van der Waals surface area contributed by atoms with Crippen LogP contribution in [-0.2, 0) is 0 Å². The third-order valence-electron chi connectivity index (χ3n) is 4.07. The summed E-state index contributed by atoms with van der Waals surface area (Å²) in [6.07, 6.45) is 1.53. The topological polar surface area (TPSA) is 91.4 Å². The van der Waals surface area contributed by atoms with E-state index in [-0.39, 0.29) is 5.56 Å². The summed E-state index contributed by atoms with van der Waals surface area (Å²) in [7, 11) is 0. The van der Waals surface area contributed by atoms with E-state index in [1.54, 1.807) is 16.8 Å². The molecule has 0 fully saturated rings. The molecule has 136 valence electrons. The van der Waals surface area contributed by atoms with Gasteiger partial charge in [0.2, 0.25) is 0 Å². The van der Waals surface area contributed by atoms with Crippen LogP contribution in [0.15, 0.2) is 36.5 Å². The number of aromatic nitrogens is 5. The van der Waals surface area contributed by atoms with Gasteiger partial charge in [-0.1, -0.05) is 0 Å². The largest absolute Gasteiger partial charge is 0.331 e. The third kappa shape index (κ3) is 3.24. The van der Waals surface area contributed by atoms with Crippen LogP contribution in [0.5, 0.6) is 0 Å². The molecule has 0 atom stereocenters. The predicted octanol–water partition coefficient (Wildman–Crippen LogP) is 3.81. The highest BCUT2D eigenvalue weighted by Gasteiger charge is 2.15. The summed E-state index contributed by atoms with van der Waals surface area (Å²) in [5.41, 5.74) is 3.37. The second-order valence-electron chi connectivity index (χ2n) is 6.15. The highest BCUT2D eigenvalue weighted by molar-refractivity contribution is 7.71. The highest BCUT2D eigenvalue weighted by atomic mass is 32.1. The molecule has 0 aliphatic heterocycles. The molecule has 3 N–H and O–H groups in total. The lowest BCUT2D eigenvalue weighted by Crippen LogP contribution is -2.13. The molecule has 0 spiro atoms. The van der Waals surface area contributed by atoms with Crippen LogP contribution in [0.2, 0.25) is 0 Å². The van der Waals surface area contributed by atoms with Crippen molar-refractivity contribution in [3.8, 4) is 5.82 Å². The number of nitrogens with one attached hydrogen (secondary N) is 3. The van der Waals surface area contributed by atoms with Gasteiger partial charge in [0.05, 0.1) is 34.2 Å². The molecular weight excluding hydrogens is 367 g/mol. The number of aromatic amines is 2. The van der Waals surface area contributed by atoms with Crippen molar-refractivity contribution < 1.29 is 9.18 Å². The number of hydrogen-bond donors (Lipinski definition) is 3. The fourth-order valence-corrected chi connectivity index (χ4v) is 3.14. The minimum Gasteiger partial charge on any atom is -0.331 e. The summed E-state index contributed by atoms with van der Waals surface area (Å²) in [6, 6.07) is 7.86. The Morgan fingerprint density at radius 2 is 2.04 bits per heavy atom. The molecule has 0 bridgehead atoms. The van der Waals surface area contributed by atoms with E-state index in [0.29, 0.717) is 27.3 Å². The normalized spacial score (nSPS) is 11.1. The van der Waals surface area contributed by atoms with E-state index in [2.05, 4.69) is 25.4 Å². The number of nitrogens with zero attached hydrogens (tertiary/aromatic N) is 3. The van der Waals surface area contributed by atoms with Gasteiger partial charge < -0.3 is 15.3 Å². The van der Waals surface area contributed by atoms with E-state index in [1.165, 1.54) is 12.3 Å². The smallest absolute Gasteiger partial charge is 0.258 e. The minimum absolute atomic E-state index is 0.153. The maximum Gasteiger partial charge on any atom is 0.258 e. The van der Waals surface area contributed by atoms with Crippen LogP contribution in [0.3, 0.4) is 0 Å². The zero-order valence-electron chi connectivity index (χ0n) is 14.5. The maximum atomic E-state index is 13.8. The molecule has 0 saturated heterocycles. The monoisotopic (exact) mass is 382 g/mol. The lowest BCUT2D eigenvalue weighted by Gasteiger charge is -2.08. The van der Waals surface area contributed by atoms with Gasteiger partial charge in [-0.25, -0.2) is 14.1 Å². The van der Waals surface area contributed by atoms with E-state index >= 15 is 0 Å². The zero-order chi connectivity index (χ0) is 19.1. The SMILES string of the molecule is Cc1cc(C)n(-c2ccc(NC(=O)c3cc(F)cc4[nH]c(=S)[nH]c34)cn2)n1. The number of benzene rings is 1. The van der Waals surface area contributed by atoms with Gasteiger partial charge in [-0.2, -0.15) is 5.10 Å². The van der Waals surface area contributed by atoms with Crippen molar-refractivity contribution in [3.63, 3.8) is 0 Å². The second-order valence-corrected chi connectivity index (χ2v) is 6.56. The summed E-state index contributed by atoms with van der Waals surface area (Å²) in [4.78, 5) is 22.6. The maximum absolute atomic E-state index is 13.8. The molecule has 9 heteroatoms. The van der Waals surface area contributed by atoms with Gasteiger partial charge in [0.1, 0.15) is 5.82 Å². The van der Waals surface area contributed by atoms with Crippen LogP contribution >= 0.6 is 12.2 Å². The summed E-state index contributed by atoms with van der Waals surface area (Å²) in [5, 5.41) is 7.09. The highest BCUT2D eigenvalue weighted by Crippen LogP contribution is 2.20. The first kappa shape index (κ1) is 17.1. The molecule has 7 nitrogen and oxygen atoms in total. The van der Waals surface area contributed by atoms with Gasteiger partial charge in [-0.05, 0) is 56.4 Å². The molecule has 3 aromatic heterocycles. The Hall–Kier alpha value is -3.33. The summed E-state index contributed by atoms with van der Waals surface area (Å²) in [6.45, 7) is 3.84. The third-order valence-corrected chi connectivity index (χ3v) is 4.27. The number of halogens is 1. The minimum atomic E-state index is -0.532. The van der Waals surface area contributed by atoms with Crippen molar-refractivity contribution >= 4 is 34.8 Å². The Morgan fingerprint density at radius 3 is 2.70 bits per heavy atom. The number of aryl methyl sites for hydroxylation is 2. The summed E-state index contributed by atoms with van der Waals surface area (Å²) in [5.74, 6) is -0.359. The number of hydrogen-bond acceptors (Lipinski definition) is 4. The van der Waals surface area contributed by atoms with Crippen LogP contribution < -0.4 is 5.32 Å². The fraction of sp³-hybridized carbons (Fsp3) is 0.111. The molecular formula is C18H15FN6OS. The Bertz CT molecular complexity index is 1220. The number of anilines is 1. The molecule has 0 aliphatic rings. The standard InChI is InChI=1S/C18H15FN6OS/c1-9-5-10(2)25(24-9)15-4-3-12(8-20-15)21-17(26)13-6-11(19)7-14-16(13)23-18(27)22-14/h3-8H,1-2H3,(H,21,26)(H2,22,23,27). The van der Waals surface area contributed by atoms with E-state index < -0.39 is 11.7 Å².